The second-order valence-electron chi connectivity index (χ2n) is 3.03. The molecule has 0 heterocycles. The Labute approximate surface area is 87.4 Å². The first-order valence-corrected chi connectivity index (χ1v) is 4.96. The van der Waals surface area contributed by atoms with Crippen LogP contribution in [0.15, 0.2) is 16.6 Å². The zero-order valence-corrected chi connectivity index (χ0v) is 9.73. The van der Waals surface area contributed by atoms with E-state index in [0.29, 0.717) is 0 Å². The van der Waals surface area contributed by atoms with Gasteiger partial charge < -0.3 is 4.84 Å². The highest BCUT2D eigenvalue weighted by molar-refractivity contribution is 9.10. The van der Waals surface area contributed by atoms with Crippen molar-refractivity contribution in [1.29, 1.82) is 0 Å². The van der Waals surface area contributed by atoms with Gasteiger partial charge in [0.15, 0.2) is 0 Å². The van der Waals surface area contributed by atoms with Crippen LogP contribution in [0, 0.1) is 13.8 Å². The molecule has 1 N–H and O–H groups in total. The van der Waals surface area contributed by atoms with Crippen LogP contribution in [-0.4, -0.2) is 7.11 Å². The molecule has 2 nitrogen and oxygen atoms in total. The molecule has 13 heavy (non-hydrogen) atoms. The quantitative estimate of drug-likeness (QED) is 0.825. The van der Waals surface area contributed by atoms with Crippen LogP contribution in [0.25, 0.3) is 0 Å². The van der Waals surface area contributed by atoms with E-state index in [9.17, 15) is 0 Å². The molecular formula is C10H14BrNO. The van der Waals surface area contributed by atoms with Gasteiger partial charge in [0.1, 0.15) is 0 Å². The Bertz CT molecular complexity index is 299. The summed E-state index contributed by atoms with van der Waals surface area (Å²) in [4.78, 5) is 4.82. The number of benzene rings is 1. The van der Waals surface area contributed by atoms with Gasteiger partial charge in [-0.1, -0.05) is 15.9 Å². The van der Waals surface area contributed by atoms with Crippen molar-refractivity contribution >= 4 is 15.9 Å². The van der Waals surface area contributed by atoms with Gasteiger partial charge in [-0.3, -0.25) is 0 Å². The van der Waals surface area contributed by atoms with Crippen molar-refractivity contribution in [3.8, 4) is 0 Å². The number of nitrogens with one attached hydrogen (secondary N) is 1. The third-order valence-corrected chi connectivity index (χ3v) is 2.60. The minimum atomic E-state index is 0.739. The van der Waals surface area contributed by atoms with E-state index >= 15 is 0 Å². The number of halogens is 1. The van der Waals surface area contributed by atoms with E-state index in [1.807, 2.05) is 0 Å². The summed E-state index contributed by atoms with van der Waals surface area (Å²) >= 11 is 3.47. The van der Waals surface area contributed by atoms with Gasteiger partial charge in [-0.15, -0.1) is 0 Å². The SMILES string of the molecule is CONCc1cc(Br)cc(C)c1C. The van der Waals surface area contributed by atoms with Crippen molar-refractivity contribution in [2.75, 3.05) is 7.11 Å². The molecular weight excluding hydrogens is 230 g/mol. The van der Waals surface area contributed by atoms with Gasteiger partial charge >= 0.3 is 0 Å². The third kappa shape index (κ3) is 2.79. The molecule has 1 rings (SSSR count). The number of hydrogen-bond donors (Lipinski definition) is 1. The Hall–Kier alpha value is -0.380. The molecule has 1 aromatic carbocycles. The van der Waals surface area contributed by atoms with Gasteiger partial charge in [0.2, 0.25) is 0 Å². The molecule has 0 aliphatic rings. The molecule has 0 spiro atoms. The minimum Gasteiger partial charge on any atom is -0.305 e. The van der Waals surface area contributed by atoms with Gasteiger partial charge in [-0.25, -0.2) is 0 Å². The van der Waals surface area contributed by atoms with Gasteiger partial charge in [0.25, 0.3) is 0 Å². The number of hydroxylamine groups is 1. The van der Waals surface area contributed by atoms with Gasteiger partial charge in [-0.05, 0) is 42.7 Å². The smallest absolute Gasteiger partial charge is 0.0572 e. The summed E-state index contributed by atoms with van der Waals surface area (Å²) in [6.45, 7) is 4.97. The van der Waals surface area contributed by atoms with Crippen LogP contribution < -0.4 is 5.48 Å². The summed E-state index contributed by atoms with van der Waals surface area (Å²) in [6.07, 6.45) is 0. The zero-order valence-electron chi connectivity index (χ0n) is 8.15. The average molecular weight is 244 g/mol. The first kappa shape index (κ1) is 10.7. The van der Waals surface area contributed by atoms with E-state index < -0.39 is 0 Å². The van der Waals surface area contributed by atoms with Crippen LogP contribution in [0.1, 0.15) is 16.7 Å². The van der Waals surface area contributed by atoms with Gasteiger partial charge in [0, 0.05) is 11.0 Å². The lowest BCUT2D eigenvalue weighted by molar-refractivity contribution is 0.0865. The maximum atomic E-state index is 4.82. The van der Waals surface area contributed by atoms with Crippen molar-refractivity contribution in [3.05, 3.63) is 33.3 Å². The molecule has 3 heteroatoms. The molecule has 72 valence electrons. The lowest BCUT2D eigenvalue weighted by Crippen LogP contribution is -2.12. The highest BCUT2D eigenvalue weighted by Crippen LogP contribution is 2.20. The predicted molar refractivity (Wildman–Crippen MR) is 57.5 cm³/mol. The fourth-order valence-corrected chi connectivity index (χ4v) is 1.84. The highest BCUT2D eigenvalue weighted by atomic mass is 79.9. The molecule has 0 radical (unpaired) electrons. The third-order valence-electron chi connectivity index (χ3n) is 2.15. The molecule has 1 aromatic rings. The van der Waals surface area contributed by atoms with E-state index in [4.69, 9.17) is 4.84 Å². The first-order valence-electron chi connectivity index (χ1n) is 4.16. The summed E-state index contributed by atoms with van der Waals surface area (Å²) in [5.41, 5.74) is 6.70. The van der Waals surface area contributed by atoms with Crippen LogP contribution in [0.3, 0.4) is 0 Å². The summed E-state index contributed by atoms with van der Waals surface area (Å²) in [7, 11) is 1.63. The molecule has 0 unspecified atom stereocenters. The highest BCUT2D eigenvalue weighted by Gasteiger charge is 2.02. The van der Waals surface area contributed by atoms with Gasteiger partial charge in [-0.2, -0.15) is 5.48 Å². The molecule has 0 atom stereocenters. The largest absolute Gasteiger partial charge is 0.305 e. The second kappa shape index (κ2) is 4.74. The van der Waals surface area contributed by atoms with E-state index in [1.54, 1.807) is 7.11 Å². The normalized spacial score (nSPS) is 10.5. The van der Waals surface area contributed by atoms with Crippen molar-refractivity contribution < 1.29 is 4.84 Å². The lowest BCUT2D eigenvalue weighted by atomic mass is 10.0. The maximum Gasteiger partial charge on any atom is 0.0572 e. The fraction of sp³-hybridized carbons (Fsp3) is 0.400. The second-order valence-corrected chi connectivity index (χ2v) is 3.95. The summed E-state index contributed by atoms with van der Waals surface area (Å²) in [5, 5.41) is 0. The molecule has 0 fully saturated rings. The average Bonchev–Trinajstić information content (AvgIpc) is 2.09. The fourth-order valence-electron chi connectivity index (χ4n) is 1.22. The van der Waals surface area contributed by atoms with E-state index in [1.165, 1.54) is 16.7 Å². The number of hydrogen-bond acceptors (Lipinski definition) is 2. The molecule has 0 bridgehead atoms. The van der Waals surface area contributed by atoms with E-state index in [-0.39, 0.29) is 0 Å². The molecule has 0 aromatic heterocycles. The number of rotatable bonds is 3. The van der Waals surface area contributed by atoms with Gasteiger partial charge in [0.05, 0.1) is 7.11 Å². The standard InChI is InChI=1S/C10H14BrNO/c1-7-4-10(11)5-9(8(7)2)6-12-13-3/h4-5,12H,6H2,1-3H3. The molecule has 0 saturated heterocycles. The minimum absolute atomic E-state index is 0.739. The lowest BCUT2D eigenvalue weighted by Gasteiger charge is -2.09. The predicted octanol–water partition coefficient (Wildman–Crippen LogP) is 2.72. The Morgan fingerprint density at radius 3 is 2.69 bits per heavy atom. The summed E-state index contributed by atoms with van der Waals surface area (Å²) in [6, 6.07) is 4.22. The molecule has 0 aliphatic carbocycles. The Balaban J connectivity index is 2.92. The van der Waals surface area contributed by atoms with E-state index in [2.05, 4.69) is 47.4 Å². The van der Waals surface area contributed by atoms with Crippen molar-refractivity contribution in [3.63, 3.8) is 0 Å². The maximum absolute atomic E-state index is 4.82. The van der Waals surface area contributed by atoms with Crippen LogP contribution in [0.4, 0.5) is 0 Å². The van der Waals surface area contributed by atoms with Crippen LogP contribution in [-0.2, 0) is 11.4 Å². The van der Waals surface area contributed by atoms with Crippen molar-refractivity contribution in [2.45, 2.75) is 20.4 Å². The molecule has 0 amide bonds. The first-order chi connectivity index (χ1) is 6.15. The van der Waals surface area contributed by atoms with Crippen LogP contribution >= 0.6 is 15.9 Å². The summed E-state index contributed by atoms with van der Waals surface area (Å²) in [5.74, 6) is 0. The molecule has 0 aliphatic heterocycles. The molecule has 0 saturated carbocycles. The van der Waals surface area contributed by atoms with Crippen molar-refractivity contribution in [2.24, 2.45) is 0 Å². The van der Waals surface area contributed by atoms with Crippen molar-refractivity contribution in [1.82, 2.24) is 5.48 Å². The van der Waals surface area contributed by atoms with Crippen LogP contribution in [0.2, 0.25) is 0 Å². The van der Waals surface area contributed by atoms with Crippen LogP contribution in [0.5, 0.6) is 0 Å². The van der Waals surface area contributed by atoms with E-state index in [0.717, 1.165) is 11.0 Å². The Morgan fingerprint density at radius 2 is 2.08 bits per heavy atom. The summed E-state index contributed by atoms with van der Waals surface area (Å²) < 4.78 is 1.11. The zero-order chi connectivity index (χ0) is 9.84. The Kier molecular flexibility index (Phi) is 3.90. The topological polar surface area (TPSA) is 21.3 Å². The Morgan fingerprint density at radius 1 is 1.38 bits per heavy atom. The monoisotopic (exact) mass is 243 g/mol. The number of aryl methyl sites for hydroxylation is 1.